The summed E-state index contributed by atoms with van der Waals surface area (Å²) in [5, 5.41) is 0. The fraction of sp³-hybridized carbons (Fsp3) is 0.400. The highest BCUT2D eigenvalue weighted by Gasteiger charge is 2.26. The van der Waals surface area contributed by atoms with Crippen molar-refractivity contribution < 1.29 is 26.3 Å². The Kier molecular flexibility index (Phi) is 4.25. The van der Waals surface area contributed by atoms with E-state index in [2.05, 4.69) is 0 Å². The lowest BCUT2D eigenvalue weighted by Gasteiger charge is -2.22. The number of benzene rings is 1. The number of rotatable bonds is 4. The molecule has 0 amide bonds. The van der Waals surface area contributed by atoms with E-state index >= 15 is 0 Å². The van der Waals surface area contributed by atoms with Crippen molar-refractivity contribution >= 4 is 5.69 Å². The summed E-state index contributed by atoms with van der Waals surface area (Å²) in [6.07, 6.45) is 0. The summed E-state index contributed by atoms with van der Waals surface area (Å²) in [6.45, 7) is -2.28. The van der Waals surface area contributed by atoms with Gasteiger partial charge in [-0.1, -0.05) is 0 Å². The summed E-state index contributed by atoms with van der Waals surface area (Å²) in [5.74, 6) is -6.89. The molecule has 0 spiro atoms. The van der Waals surface area contributed by atoms with Crippen molar-refractivity contribution in [2.75, 3.05) is 24.9 Å². The first-order valence-corrected chi connectivity index (χ1v) is 4.65. The molecule has 1 rings (SSSR count). The van der Waals surface area contributed by atoms with Gasteiger partial charge in [0, 0.05) is 12.1 Å². The van der Waals surface area contributed by atoms with Gasteiger partial charge < -0.3 is 4.90 Å². The number of nitrogens with zero attached hydrogens (tertiary/aromatic N) is 1. The standard InChI is InChI=1S/C10H9F6N/c1-5-6(13)8(15)9(16)10(7(5)14)17(4-12)3-2-11/h2-4H2,1H3. The minimum atomic E-state index is -1.91. The van der Waals surface area contributed by atoms with Gasteiger partial charge in [-0.2, -0.15) is 0 Å². The molecule has 0 bridgehead atoms. The van der Waals surface area contributed by atoms with E-state index in [0.29, 0.717) is 4.90 Å². The van der Waals surface area contributed by atoms with Crippen LogP contribution in [0.1, 0.15) is 5.56 Å². The molecule has 0 aliphatic heterocycles. The quantitative estimate of drug-likeness (QED) is 0.346. The van der Waals surface area contributed by atoms with E-state index in [9.17, 15) is 26.3 Å². The van der Waals surface area contributed by atoms with Gasteiger partial charge in [0.2, 0.25) is 0 Å². The molecular weight excluding hydrogens is 248 g/mol. The Bertz CT molecular complexity index is 391. The molecule has 0 unspecified atom stereocenters. The highest BCUT2D eigenvalue weighted by molar-refractivity contribution is 5.52. The van der Waals surface area contributed by atoms with Crippen LogP contribution in [-0.4, -0.2) is 20.0 Å². The van der Waals surface area contributed by atoms with Crippen molar-refractivity contribution in [2.45, 2.75) is 6.92 Å². The molecule has 96 valence electrons. The Morgan fingerprint density at radius 2 is 1.47 bits per heavy atom. The van der Waals surface area contributed by atoms with Crippen LogP contribution in [0.4, 0.5) is 32.0 Å². The highest BCUT2D eigenvalue weighted by Crippen LogP contribution is 2.30. The molecule has 0 aromatic heterocycles. The fourth-order valence-corrected chi connectivity index (χ4v) is 1.35. The van der Waals surface area contributed by atoms with Crippen LogP contribution in [0.5, 0.6) is 0 Å². The van der Waals surface area contributed by atoms with Crippen LogP contribution in [0.3, 0.4) is 0 Å². The van der Waals surface area contributed by atoms with Crippen molar-refractivity contribution in [3.05, 3.63) is 28.8 Å². The molecule has 0 heterocycles. The third kappa shape index (κ3) is 2.32. The van der Waals surface area contributed by atoms with Crippen molar-refractivity contribution in [1.82, 2.24) is 0 Å². The van der Waals surface area contributed by atoms with E-state index in [0.717, 1.165) is 6.92 Å². The largest absolute Gasteiger partial charge is 0.337 e. The molecule has 1 aromatic rings. The van der Waals surface area contributed by atoms with Crippen LogP contribution in [0, 0.1) is 30.2 Å². The second kappa shape index (κ2) is 5.29. The molecule has 0 fully saturated rings. The van der Waals surface area contributed by atoms with E-state index in [1.807, 2.05) is 0 Å². The van der Waals surface area contributed by atoms with Crippen LogP contribution in [-0.2, 0) is 0 Å². The second-order valence-corrected chi connectivity index (χ2v) is 3.30. The van der Waals surface area contributed by atoms with Crippen molar-refractivity contribution in [3.8, 4) is 0 Å². The predicted octanol–water partition coefficient (Wildman–Crippen LogP) is 3.25. The zero-order chi connectivity index (χ0) is 13.2. The molecule has 1 aromatic carbocycles. The number of alkyl halides is 2. The average Bonchev–Trinajstić information content (AvgIpc) is 2.33. The van der Waals surface area contributed by atoms with E-state index in [1.54, 1.807) is 0 Å². The maximum Gasteiger partial charge on any atom is 0.197 e. The monoisotopic (exact) mass is 257 g/mol. The first kappa shape index (κ1) is 13.7. The molecular formula is C10H9F6N. The summed E-state index contributed by atoms with van der Waals surface area (Å²) in [5.41, 5.74) is -1.88. The molecule has 17 heavy (non-hydrogen) atoms. The molecule has 0 saturated carbocycles. The summed E-state index contributed by atoms with van der Waals surface area (Å²) in [7, 11) is 0. The summed E-state index contributed by atoms with van der Waals surface area (Å²) < 4.78 is 77.2. The zero-order valence-corrected chi connectivity index (χ0v) is 8.84. The van der Waals surface area contributed by atoms with E-state index in [-0.39, 0.29) is 0 Å². The molecule has 0 aliphatic carbocycles. The minimum absolute atomic E-state index is 0.320. The Morgan fingerprint density at radius 1 is 0.882 bits per heavy atom. The zero-order valence-electron chi connectivity index (χ0n) is 8.84. The van der Waals surface area contributed by atoms with Gasteiger partial charge in [-0.25, -0.2) is 26.3 Å². The Morgan fingerprint density at radius 3 is 1.94 bits per heavy atom. The Hall–Kier alpha value is -1.40. The first-order chi connectivity index (χ1) is 7.95. The third-order valence-electron chi connectivity index (χ3n) is 2.27. The smallest absolute Gasteiger partial charge is 0.197 e. The lowest BCUT2D eigenvalue weighted by molar-refractivity contribution is 0.401. The van der Waals surface area contributed by atoms with Gasteiger partial charge >= 0.3 is 0 Å². The van der Waals surface area contributed by atoms with Crippen molar-refractivity contribution in [1.29, 1.82) is 0 Å². The Labute approximate surface area is 93.6 Å². The number of hydrogen-bond donors (Lipinski definition) is 0. The molecule has 0 N–H and O–H groups in total. The Balaban J connectivity index is 3.41. The average molecular weight is 257 g/mol. The maximum absolute atomic E-state index is 13.5. The summed E-state index contributed by atoms with van der Waals surface area (Å²) in [4.78, 5) is 0.320. The van der Waals surface area contributed by atoms with Gasteiger partial charge in [-0.3, -0.25) is 0 Å². The normalized spacial score (nSPS) is 10.8. The lowest BCUT2D eigenvalue weighted by Crippen LogP contribution is -2.27. The van der Waals surface area contributed by atoms with Crippen LogP contribution in [0.25, 0.3) is 0 Å². The van der Waals surface area contributed by atoms with Crippen LogP contribution in [0.2, 0.25) is 0 Å². The number of halogens is 6. The van der Waals surface area contributed by atoms with Gasteiger partial charge in [0.1, 0.15) is 12.4 Å². The third-order valence-corrected chi connectivity index (χ3v) is 2.27. The molecule has 7 heteroatoms. The van der Waals surface area contributed by atoms with Crippen LogP contribution >= 0.6 is 0 Å². The van der Waals surface area contributed by atoms with Crippen molar-refractivity contribution in [3.63, 3.8) is 0 Å². The minimum Gasteiger partial charge on any atom is -0.337 e. The molecule has 0 radical (unpaired) electrons. The SMILES string of the molecule is Cc1c(F)c(F)c(F)c(N(CF)CCF)c1F. The van der Waals surface area contributed by atoms with Crippen molar-refractivity contribution in [2.24, 2.45) is 0 Å². The van der Waals surface area contributed by atoms with Crippen LogP contribution < -0.4 is 4.90 Å². The summed E-state index contributed by atoms with van der Waals surface area (Å²) >= 11 is 0. The first-order valence-electron chi connectivity index (χ1n) is 4.65. The molecule has 0 atom stereocenters. The molecule has 0 aliphatic rings. The van der Waals surface area contributed by atoms with Gasteiger partial charge in [0.05, 0.1) is 0 Å². The van der Waals surface area contributed by atoms with Gasteiger partial charge in [0.25, 0.3) is 0 Å². The molecule has 0 saturated heterocycles. The number of anilines is 1. The van der Waals surface area contributed by atoms with Gasteiger partial charge in [0.15, 0.2) is 30.1 Å². The lowest BCUT2D eigenvalue weighted by atomic mass is 10.1. The van der Waals surface area contributed by atoms with Gasteiger partial charge in [-0.15, -0.1) is 0 Å². The maximum atomic E-state index is 13.5. The molecule has 1 nitrogen and oxygen atoms in total. The topological polar surface area (TPSA) is 3.24 Å². The van der Waals surface area contributed by atoms with E-state index < -0.39 is 54.5 Å². The fourth-order valence-electron chi connectivity index (χ4n) is 1.35. The number of hydrogen-bond acceptors (Lipinski definition) is 1. The summed E-state index contributed by atoms with van der Waals surface area (Å²) in [6, 6.07) is 0. The highest BCUT2D eigenvalue weighted by atomic mass is 19.2. The predicted molar refractivity (Wildman–Crippen MR) is 50.3 cm³/mol. The van der Waals surface area contributed by atoms with Crippen LogP contribution in [0.15, 0.2) is 0 Å². The van der Waals surface area contributed by atoms with Gasteiger partial charge in [-0.05, 0) is 6.92 Å². The second-order valence-electron chi connectivity index (χ2n) is 3.30. The van der Waals surface area contributed by atoms with E-state index in [4.69, 9.17) is 0 Å². The van der Waals surface area contributed by atoms with E-state index in [1.165, 1.54) is 0 Å².